The zero-order valence-corrected chi connectivity index (χ0v) is 13.7. The van der Waals surface area contributed by atoms with Crippen LogP contribution in [-0.4, -0.2) is 22.6 Å². The Morgan fingerprint density at radius 2 is 2.14 bits per heavy atom. The van der Waals surface area contributed by atoms with Crippen LogP contribution >= 0.6 is 22.7 Å². The third-order valence-electron chi connectivity index (χ3n) is 2.83. The third-order valence-corrected chi connectivity index (χ3v) is 4.97. The molecule has 0 bridgehead atoms. The SMILES string of the molecule is Cc1cc(C(=O)Nc2nc(C)c(C)s2)sc1C#CCCO. The van der Waals surface area contributed by atoms with E-state index in [2.05, 4.69) is 22.1 Å². The van der Waals surface area contributed by atoms with E-state index in [1.807, 2.05) is 26.8 Å². The second kappa shape index (κ2) is 6.85. The number of aromatic nitrogens is 1. The van der Waals surface area contributed by atoms with Gasteiger partial charge in [0.2, 0.25) is 0 Å². The number of aliphatic hydroxyl groups excluding tert-OH is 1. The van der Waals surface area contributed by atoms with E-state index >= 15 is 0 Å². The van der Waals surface area contributed by atoms with Crippen LogP contribution in [0.15, 0.2) is 6.07 Å². The van der Waals surface area contributed by atoms with E-state index in [4.69, 9.17) is 5.11 Å². The molecule has 2 heterocycles. The van der Waals surface area contributed by atoms with Crippen LogP contribution in [0.25, 0.3) is 0 Å². The molecule has 0 radical (unpaired) electrons. The van der Waals surface area contributed by atoms with Crippen molar-refractivity contribution in [3.8, 4) is 11.8 Å². The van der Waals surface area contributed by atoms with Crippen LogP contribution in [0, 0.1) is 32.6 Å². The van der Waals surface area contributed by atoms with Gasteiger partial charge >= 0.3 is 0 Å². The van der Waals surface area contributed by atoms with Gasteiger partial charge in [-0.25, -0.2) is 4.98 Å². The van der Waals surface area contributed by atoms with Gasteiger partial charge < -0.3 is 5.11 Å². The van der Waals surface area contributed by atoms with Crippen LogP contribution in [0.1, 0.15) is 37.1 Å². The summed E-state index contributed by atoms with van der Waals surface area (Å²) >= 11 is 2.83. The number of aliphatic hydroxyl groups is 1. The highest BCUT2D eigenvalue weighted by atomic mass is 32.1. The van der Waals surface area contributed by atoms with Gasteiger partial charge in [0.15, 0.2) is 5.13 Å². The first-order valence-electron chi connectivity index (χ1n) is 6.46. The second-order valence-corrected chi connectivity index (χ2v) is 6.77. The molecule has 0 atom stereocenters. The summed E-state index contributed by atoms with van der Waals surface area (Å²) in [7, 11) is 0. The average molecular weight is 320 g/mol. The summed E-state index contributed by atoms with van der Waals surface area (Å²) in [5, 5.41) is 12.2. The highest BCUT2D eigenvalue weighted by Gasteiger charge is 2.14. The molecule has 0 aliphatic carbocycles. The van der Waals surface area contributed by atoms with E-state index in [-0.39, 0.29) is 12.5 Å². The second-order valence-electron chi connectivity index (χ2n) is 4.51. The van der Waals surface area contributed by atoms with Gasteiger partial charge in [-0.2, -0.15) is 0 Å². The fourth-order valence-electron chi connectivity index (χ4n) is 1.60. The average Bonchev–Trinajstić information content (AvgIpc) is 2.94. The topological polar surface area (TPSA) is 62.2 Å². The molecule has 0 unspecified atom stereocenters. The Bertz CT molecular complexity index is 700. The van der Waals surface area contributed by atoms with Crippen molar-refractivity contribution in [2.75, 3.05) is 11.9 Å². The Morgan fingerprint density at radius 1 is 1.38 bits per heavy atom. The maximum atomic E-state index is 12.2. The highest BCUT2D eigenvalue weighted by Crippen LogP contribution is 2.25. The Labute approximate surface area is 131 Å². The molecule has 0 aliphatic heterocycles. The number of anilines is 1. The van der Waals surface area contributed by atoms with E-state index in [0.717, 1.165) is 21.0 Å². The number of carbonyl (C=O) groups is 1. The van der Waals surface area contributed by atoms with Crippen molar-refractivity contribution in [2.24, 2.45) is 0 Å². The number of nitrogens with one attached hydrogen (secondary N) is 1. The summed E-state index contributed by atoms with van der Waals surface area (Å²) < 4.78 is 0. The largest absolute Gasteiger partial charge is 0.395 e. The van der Waals surface area contributed by atoms with Gasteiger partial charge in [-0.3, -0.25) is 10.1 Å². The summed E-state index contributed by atoms with van der Waals surface area (Å²) in [6.45, 7) is 5.87. The van der Waals surface area contributed by atoms with Crippen molar-refractivity contribution >= 4 is 33.7 Å². The van der Waals surface area contributed by atoms with Gasteiger partial charge in [-0.1, -0.05) is 11.8 Å². The van der Waals surface area contributed by atoms with Gasteiger partial charge in [0, 0.05) is 11.3 Å². The van der Waals surface area contributed by atoms with E-state index < -0.39 is 0 Å². The Hall–Kier alpha value is -1.68. The maximum absolute atomic E-state index is 12.2. The number of rotatable bonds is 3. The van der Waals surface area contributed by atoms with Crippen molar-refractivity contribution in [1.82, 2.24) is 4.98 Å². The molecule has 110 valence electrons. The van der Waals surface area contributed by atoms with E-state index in [0.29, 0.717) is 16.4 Å². The van der Waals surface area contributed by atoms with Crippen molar-refractivity contribution in [2.45, 2.75) is 27.2 Å². The molecular formula is C15H16N2O2S2. The number of hydrogen-bond acceptors (Lipinski definition) is 5. The number of amides is 1. The molecule has 0 aromatic carbocycles. The number of thiophene rings is 1. The first-order valence-corrected chi connectivity index (χ1v) is 8.10. The summed E-state index contributed by atoms with van der Waals surface area (Å²) in [6, 6.07) is 1.83. The molecule has 0 saturated carbocycles. The molecule has 4 nitrogen and oxygen atoms in total. The number of aryl methyl sites for hydroxylation is 3. The fourth-order valence-corrected chi connectivity index (χ4v) is 3.35. The van der Waals surface area contributed by atoms with Crippen molar-refractivity contribution in [3.63, 3.8) is 0 Å². The van der Waals surface area contributed by atoms with Gasteiger partial charge in [0.1, 0.15) is 0 Å². The molecule has 2 rings (SSSR count). The predicted molar refractivity (Wildman–Crippen MR) is 87.2 cm³/mol. The van der Waals surface area contributed by atoms with Crippen LogP contribution in [0.5, 0.6) is 0 Å². The summed E-state index contributed by atoms with van der Waals surface area (Å²) in [4.78, 5) is 19.1. The predicted octanol–water partition coefficient (Wildman–Crippen LogP) is 3.12. The number of thiazole rings is 1. The molecule has 0 aliphatic rings. The van der Waals surface area contributed by atoms with Crippen LogP contribution in [0.4, 0.5) is 5.13 Å². The first-order chi connectivity index (χ1) is 10.0. The van der Waals surface area contributed by atoms with Crippen LogP contribution in [-0.2, 0) is 0 Å². The molecule has 2 aromatic rings. The molecule has 1 amide bonds. The minimum Gasteiger partial charge on any atom is -0.395 e. The van der Waals surface area contributed by atoms with Gasteiger partial charge in [-0.05, 0) is 32.4 Å². The minimum atomic E-state index is -0.160. The lowest BCUT2D eigenvalue weighted by atomic mass is 10.2. The molecule has 0 fully saturated rings. The molecule has 2 N–H and O–H groups in total. The maximum Gasteiger partial charge on any atom is 0.267 e. The van der Waals surface area contributed by atoms with Crippen LogP contribution in [0.2, 0.25) is 0 Å². The van der Waals surface area contributed by atoms with Gasteiger partial charge in [0.05, 0.1) is 22.1 Å². The van der Waals surface area contributed by atoms with E-state index in [1.165, 1.54) is 22.7 Å². The highest BCUT2D eigenvalue weighted by molar-refractivity contribution is 7.16. The normalized spacial score (nSPS) is 10.1. The standard InChI is InChI=1S/C15H16N2O2S2/c1-9-8-13(21-12(9)6-4-5-7-18)14(19)17-15-16-10(2)11(3)20-15/h8,18H,5,7H2,1-3H3,(H,16,17,19). The number of carbonyl (C=O) groups excluding carboxylic acids is 1. The van der Waals surface area contributed by atoms with Crippen molar-refractivity contribution in [1.29, 1.82) is 0 Å². The van der Waals surface area contributed by atoms with Crippen molar-refractivity contribution < 1.29 is 9.90 Å². The third kappa shape index (κ3) is 3.91. The number of nitrogens with zero attached hydrogens (tertiary/aromatic N) is 1. The smallest absolute Gasteiger partial charge is 0.267 e. The molecule has 21 heavy (non-hydrogen) atoms. The molecule has 0 saturated heterocycles. The zero-order valence-electron chi connectivity index (χ0n) is 12.1. The lowest BCUT2D eigenvalue weighted by Gasteiger charge is -1.97. The molecular weight excluding hydrogens is 304 g/mol. The van der Waals surface area contributed by atoms with Gasteiger partial charge in [-0.15, -0.1) is 22.7 Å². The van der Waals surface area contributed by atoms with Crippen molar-refractivity contribution in [3.05, 3.63) is 32.0 Å². The molecule has 2 aromatic heterocycles. The summed E-state index contributed by atoms with van der Waals surface area (Å²) in [5.41, 5.74) is 1.91. The Balaban J connectivity index is 2.13. The fraction of sp³-hybridized carbons (Fsp3) is 0.333. The lowest BCUT2D eigenvalue weighted by molar-refractivity contribution is 0.103. The van der Waals surface area contributed by atoms with E-state index in [1.54, 1.807) is 0 Å². The molecule has 0 spiro atoms. The zero-order chi connectivity index (χ0) is 15.4. The lowest BCUT2D eigenvalue weighted by Crippen LogP contribution is -2.09. The monoisotopic (exact) mass is 320 g/mol. The quantitative estimate of drug-likeness (QED) is 0.854. The van der Waals surface area contributed by atoms with Crippen LogP contribution in [0.3, 0.4) is 0 Å². The summed E-state index contributed by atoms with van der Waals surface area (Å²) in [5.74, 6) is 5.69. The van der Waals surface area contributed by atoms with Gasteiger partial charge in [0.25, 0.3) is 5.91 Å². The summed E-state index contributed by atoms with van der Waals surface area (Å²) in [6.07, 6.45) is 0.441. The first kappa shape index (κ1) is 15.7. The van der Waals surface area contributed by atoms with Crippen LogP contribution < -0.4 is 5.32 Å². The Morgan fingerprint density at radius 3 is 2.76 bits per heavy atom. The number of hydrogen-bond donors (Lipinski definition) is 2. The minimum absolute atomic E-state index is 0.0491. The van der Waals surface area contributed by atoms with E-state index in [9.17, 15) is 4.79 Å². The molecule has 6 heteroatoms. The Kier molecular flexibility index (Phi) is 5.12.